The van der Waals surface area contributed by atoms with E-state index in [0.717, 1.165) is 4.47 Å². The van der Waals surface area contributed by atoms with Gasteiger partial charge in [-0.3, -0.25) is 4.79 Å². The second-order valence-corrected chi connectivity index (χ2v) is 5.71. The predicted octanol–water partition coefficient (Wildman–Crippen LogP) is 3.93. The van der Waals surface area contributed by atoms with Crippen molar-refractivity contribution < 1.29 is 13.6 Å². The molecule has 0 radical (unpaired) electrons. The monoisotopic (exact) mass is 353 g/mol. The summed E-state index contributed by atoms with van der Waals surface area (Å²) in [6.45, 7) is 0.166. The van der Waals surface area contributed by atoms with Crippen LogP contribution in [0.1, 0.15) is 11.1 Å². The van der Waals surface area contributed by atoms with Crippen LogP contribution in [0.25, 0.3) is 0 Å². The van der Waals surface area contributed by atoms with E-state index in [2.05, 4.69) is 15.9 Å². The summed E-state index contributed by atoms with van der Waals surface area (Å²) in [5, 5.41) is 0. The Morgan fingerprint density at radius 2 is 1.95 bits per heavy atom. The number of carbonyl (C=O) groups is 1. The molecule has 0 bridgehead atoms. The van der Waals surface area contributed by atoms with Crippen LogP contribution in [0.5, 0.6) is 0 Å². The molecule has 1 amide bonds. The Morgan fingerprint density at radius 1 is 1.19 bits per heavy atom. The van der Waals surface area contributed by atoms with E-state index in [9.17, 15) is 13.6 Å². The van der Waals surface area contributed by atoms with Crippen molar-refractivity contribution in [3.8, 4) is 0 Å². The Morgan fingerprint density at radius 3 is 2.67 bits per heavy atom. The van der Waals surface area contributed by atoms with Gasteiger partial charge in [-0.2, -0.15) is 0 Å². The number of halogens is 3. The molecular formula is C16H14BrF2NO. The lowest BCUT2D eigenvalue weighted by atomic mass is 10.1. The number of likely N-dealkylation sites (N-methyl/N-ethyl adjacent to an activating group) is 1. The van der Waals surface area contributed by atoms with Gasteiger partial charge in [0, 0.05) is 23.6 Å². The van der Waals surface area contributed by atoms with Gasteiger partial charge in [0.05, 0.1) is 6.42 Å². The zero-order valence-corrected chi connectivity index (χ0v) is 13.0. The number of carbonyl (C=O) groups excluding carboxylic acids is 1. The topological polar surface area (TPSA) is 20.3 Å². The second-order valence-electron chi connectivity index (χ2n) is 4.79. The van der Waals surface area contributed by atoms with Crippen LogP contribution in [0.15, 0.2) is 46.9 Å². The fourth-order valence-corrected chi connectivity index (χ4v) is 2.37. The summed E-state index contributed by atoms with van der Waals surface area (Å²) in [5.74, 6) is -0.926. The molecule has 0 spiro atoms. The van der Waals surface area contributed by atoms with Gasteiger partial charge in [-0.15, -0.1) is 0 Å². The van der Waals surface area contributed by atoms with Crippen LogP contribution >= 0.6 is 15.9 Å². The third-order valence-electron chi connectivity index (χ3n) is 3.09. The summed E-state index contributed by atoms with van der Waals surface area (Å²) in [6, 6.07) is 10.5. The van der Waals surface area contributed by atoms with Gasteiger partial charge in [0.2, 0.25) is 5.91 Å². The minimum Gasteiger partial charge on any atom is -0.341 e. The Labute approximate surface area is 130 Å². The van der Waals surface area contributed by atoms with E-state index in [1.54, 1.807) is 31.3 Å². The Hall–Kier alpha value is -1.75. The van der Waals surface area contributed by atoms with Gasteiger partial charge in [0.1, 0.15) is 11.6 Å². The first-order chi connectivity index (χ1) is 9.95. The molecular weight excluding hydrogens is 340 g/mol. The molecule has 0 fully saturated rings. The quantitative estimate of drug-likeness (QED) is 0.815. The summed E-state index contributed by atoms with van der Waals surface area (Å²) in [4.78, 5) is 13.5. The molecule has 0 atom stereocenters. The largest absolute Gasteiger partial charge is 0.341 e. The standard InChI is InChI=1S/C16H14BrF2NO/c1-20(10-12-9-13(17)5-6-15(12)19)16(21)8-11-3-2-4-14(18)7-11/h2-7,9H,8,10H2,1H3. The first kappa shape index (κ1) is 15.6. The summed E-state index contributed by atoms with van der Waals surface area (Å²) in [5.41, 5.74) is 1.03. The predicted molar refractivity (Wildman–Crippen MR) is 80.7 cm³/mol. The normalized spacial score (nSPS) is 10.5. The summed E-state index contributed by atoms with van der Waals surface area (Å²) < 4.78 is 27.5. The lowest BCUT2D eigenvalue weighted by molar-refractivity contribution is -0.129. The van der Waals surface area contributed by atoms with Crippen molar-refractivity contribution in [3.63, 3.8) is 0 Å². The number of hydrogen-bond donors (Lipinski definition) is 0. The Kier molecular flexibility index (Phi) is 5.07. The molecule has 0 saturated carbocycles. The van der Waals surface area contributed by atoms with E-state index in [-0.39, 0.29) is 30.5 Å². The van der Waals surface area contributed by atoms with Crippen molar-refractivity contribution in [1.29, 1.82) is 0 Å². The van der Waals surface area contributed by atoms with Gasteiger partial charge < -0.3 is 4.90 Å². The van der Waals surface area contributed by atoms with Crippen LogP contribution in [0.3, 0.4) is 0 Å². The van der Waals surface area contributed by atoms with Gasteiger partial charge in [0.15, 0.2) is 0 Å². The highest BCUT2D eigenvalue weighted by Crippen LogP contribution is 2.17. The lowest BCUT2D eigenvalue weighted by Crippen LogP contribution is -2.28. The first-order valence-electron chi connectivity index (χ1n) is 6.38. The molecule has 0 saturated heterocycles. The molecule has 2 nitrogen and oxygen atoms in total. The smallest absolute Gasteiger partial charge is 0.227 e. The lowest BCUT2D eigenvalue weighted by Gasteiger charge is -2.18. The molecule has 2 rings (SSSR count). The number of amides is 1. The average molecular weight is 354 g/mol. The van der Waals surface area contributed by atoms with Crippen LogP contribution in [0.4, 0.5) is 8.78 Å². The first-order valence-corrected chi connectivity index (χ1v) is 7.17. The van der Waals surface area contributed by atoms with Crippen LogP contribution in [0, 0.1) is 11.6 Å². The fraction of sp³-hybridized carbons (Fsp3) is 0.188. The number of benzene rings is 2. The maximum Gasteiger partial charge on any atom is 0.227 e. The molecule has 0 aliphatic rings. The van der Waals surface area contributed by atoms with Gasteiger partial charge in [0.25, 0.3) is 0 Å². The van der Waals surface area contributed by atoms with E-state index < -0.39 is 0 Å². The third-order valence-corrected chi connectivity index (χ3v) is 3.58. The number of nitrogens with zero attached hydrogens (tertiary/aromatic N) is 1. The highest BCUT2D eigenvalue weighted by Gasteiger charge is 2.13. The zero-order chi connectivity index (χ0) is 15.4. The van der Waals surface area contributed by atoms with Crippen molar-refractivity contribution in [3.05, 3.63) is 69.7 Å². The molecule has 110 valence electrons. The maximum atomic E-state index is 13.7. The minimum atomic E-state index is -0.374. The molecule has 0 aliphatic carbocycles. The van der Waals surface area contributed by atoms with Crippen molar-refractivity contribution in [2.75, 3.05) is 7.05 Å². The van der Waals surface area contributed by atoms with E-state index in [4.69, 9.17) is 0 Å². The van der Waals surface area contributed by atoms with Crippen molar-refractivity contribution in [2.45, 2.75) is 13.0 Å². The second kappa shape index (κ2) is 6.80. The zero-order valence-electron chi connectivity index (χ0n) is 11.4. The highest BCUT2D eigenvalue weighted by atomic mass is 79.9. The molecule has 2 aromatic carbocycles. The summed E-state index contributed by atoms with van der Waals surface area (Å²) in [6.07, 6.45) is 0.0872. The van der Waals surface area contributed by atoms with Crippen LogP contribution in [0.2, 0.25) is 0 Å². The van der Waals surface area contributed by atoms with Crippen molar-refractivity contribution in [1.82, 2.24) is 4.90 Å². The van der Waals surface area contributed by atoms with Crippen molar-refractivity contribution in [2.24, 2.45) is 0 Å². The van der Waals surface area contributed by atoms with Crippen LogP contribution in [-0.2, 0) is 17.8 Å². The Bertz CT molecular complexity index is 660. The Balaban J connectivity index is 2.04. The van der Waals surface area contributed by atoms with Gasteiger partial charge in [-0.05, 0) is 35.9 Å². The van der Waals surface area contributed by atoms with E-state index in [1.165, 1.54) is 23.1 Å². The van der Waals surface area contributed by atoms with Gasteiger partial charge in [-0.1, -0.05) is 28.1 Å². The minimum absolute atomic E-state index is 0.0872. The number of hydrogen-bond acceptors (Lipinski definition) is 1. The summed E-state index contributed by atoms with van der Waals surface area (Å²) in [7, 11) is 1.60. The van der Waals surface area contributed by atoms with Crippen LogP contribution in [-0.4, -0.2) is 17.9 Å². The summed E-state index contributed by atoms with van der Waals surface area (Å²) >= 11 is 3.27. The van der Waals surface area contributed by atoms with Gasteiger partial charge >= 0.3 is 0 Å². The molecule has 2 aromatic rings. The molecule has 0 unspecified atom stereocenters. The molecule has 0 aliphatic heterocycles. The number of rotatable bonds is 4. The maximum absolute atomic E-state index is 13.7. The van der Waals surface area contributed by atoms with Gasteiger partial charge in [-0.25, -0.2) is 8.78 Å². The average Bonchev–Trinajstić information content (AvgIpc) is 2.43. The van der Waals surface area contributed by atoms with Crippen LogP contribution < -0.4 is 0 Å². The SMILES string of the molecule is CN(Cc1cc(Br)ccc1F)C(=O)Cc1cccc(F)c1. The third kappa shape index (κ3) is 4.36. The van der Waals surface area contributed by atoms with E-state index >= 15 is 0 Å². The molecule has 0 heterocycles. The molecule has 0 aromatic heterocycles. The molecule has 5 heteroatoms. The van der Waals surface area contributed by atoms with Crippen molar-refractivity contribution >= 4 is 21.8 Å². The molecule has 0 N–H and O–H groups in total. The fourth-order valence-electron chi connectivity index (χ4n) is 1.96. The molecule has 21 heavy (non-hydrogen) atoms. The highest BCUT2D eigenvalue weighted by molar-refractivity contribution is 9.10. The van der Waals surface area contributed by atoms with E-state index in [0.29, 0.717) is 11.1 Å². The van der Waals surface area contributed by atoms with E-state index in [1.807, 2.05) is 0 Å².